The number of hydrogen-bond acceptors (Lipinski definition) is 3. The zero-order chi connectivity index (χ0) is 12.3. The van der Waals surface area contributed by atoms with Crippen LogP contribution in [-0.4, -0.2) is 18.1 Å². The second-order valence-electron chi connectivity index (χ2n) is 4.17. The highest BCUT2D eigenvalue weighted by Gasteiger charge is 2.02. The zero-order valence-electron chi connectivity index (χ0n) is 11.0. The molecule has 3 heteroatoms. The lowest BCUT2D eigenvalue weighted by molar-refractivity contribution is 0.301. The predicted octanol–water partition coefficient (Wildman–Crippen LogP) is 3.15. The first-order valence-corrected chi connectivity index (χ1v) is 6.64. The van der Waals surface area contributed by atoms with Crippen molar-refractivity contribution in [3.63, 3.8) is 0 Å². The zero-order valence-corrected chi connectivity index (χ0v) is 11.0. The van der Waals surface area contributed by atoms with Gasteiger partial charge in [-0.3, -0.25) is 4.98 Å². The third-order valence-electron chi connectivity index (χ3n) is 2.68. The van der Waals surface area contributed by atoms with Crippen molar-refractivity contribution in [3.05, 3.63) is 24.0 Å². The van der Waals surface area contributed by atoms with Crippen LogP contribution in [0.5, 0.6) is 5.75 Å². The largest absolute Gasteiger partial charge is 0.493 e. The second-order valence-corrected chi connectivity index (χ2v) is 4.17. The summed E-state index contributed by atoms with van der Waals surface area (Å²) < 4.78 is 5.80. The van der Waals surface area contributed by atoms with Crippen molar-refractivity contribution in [1.82, 2.24) is 10.3 Å². The second kappa shape index (κ2) is 8.99. The van der Waals surface area contributed by atoms with Crippen LogP contribution in [0.15, 0.2) is 18.5 Å². The van der Waals surface area contributed by atoms with E-state index in [1.807, 2.05) is 12.3 Å². The summed E-state index contributed by atoms with van der Waals surface area (Å²) in [5, 5.41) is 3.30. The van der Waals surface area contributed by atoms with Gasteiger partial charge in [0.15, 0.2) is 0 Å². The Morgan fingerprint density at radius 2 is 2.12 bits per heavy atom. The lowest BCUT2D eigenvalue weighted by Crippen LogP contribution is -2.13. The fraction of sp³-hybridized carbons (Fsp3) is 0.643. The highest BCUT2D eigenvalue weighted by Crippen LogP contribution is 2.16. The van der Waals surface area contributed by atoms with E-state index in [2.05, 4.69) is 24.1 Å². The minimum Gasteiger partial charge on any atom is -0.493 e. The maximum atomic E-state index is 5.80. The molecule has 0 fully saturated rings. The summed E-state index contributed by atoms with van der Waals surface area (Å²) in [5.41, 5.74) is 1.14. The molecule has 1 rings (SSSR count). The first kappa shape index (κ1) is 14.0. The molecule has 3 nitrogen and oxygen atoms in total. The summed E-state index contributed by atoms with van der Waals surface area (Å²) in [5.74, 6) is 0.970. The van der Waals surface area contributed by atoms with Crippen LogP contribution < -0.4 is 10.1 Å². The number of nitrogens with zero attached hydrogens (tertiary/aromatic N) is 1. The molecule has 0 amide bonds. The first-order chi connectivity index (χ1) is 8.38. The molecule has 0 saturated carbocycles. The molecule has 96 valence electrons. The van der Waals surface area contributed by atoms with Gasteiger partial charge in [0.05, 0.1) is 6.61 Å². The Bertz CT molecular complexity index is 302. The predicted molar refractivity (Wildman–Crippen MR) is 71.3 cm³/mol. The van der Waals surface area contributed by atoms with Crippen LogP contribution in [0.4, 0.5) is 0 Å². The third kappa shape index (κ3) is 5.68. The number of unbranched alkanes of at least 4 members (excludes halogenated alkanes) is 3. The van der Waals surface area contributed by atoms with E-state index in [9.17, 15) is 0 Å². The van der Waals surface area contributed by atoms with Crippen molar-refractivity contribution >= 4 is 0 Å². The van der Waals surface area contributed by atoms with Gasteiger partial charge in [-0.15, -0.1) is 0 Å². The van der Waals surface area contributed by atoms with Gasteiger partial charge in [-0.1, -0.05) is 33.1 Å². The molecule has 0 aliphatic carbocycles. The minimum atomic E-state index is 0.809. The van der Waals surface area contributed by atoms with Crippen LogP contribution in [0.25, 0.3) is 0 Å². The highest BCUT2D eigenvalue weighted by atomic mass is 16.5. The van der Waals surface area contributed by atoms with Gasteiger partial charge in [-0.2, -0.15) is 0 Å². The van der Waals surface area contributed by atoms with E-state index in [0.717, 1.165) is 37.4 Å². The molecule has 0 aromatic carbocycles. The van der Waals surface area contributed by atoms with Gasteiger partial charge in [-0.05, 0) is 19.0 Å². The van der Waals surface area contributed by atoms with E-state index in [1.165, 1.54) is 19.3 Å². The quantitative estimate of drug-likeness (QED) is 0.669. The Morgan fingerprint density at radius 3 is 2.88 bits per heavy atom. The number of rotatable bonds is 9. The van der Waals surface area contributed by atoms with Gasteiger partial charge in [0.2, 0.25) is 0 Å². The summed E-state index contributed by atoms with van der Waals surface area (Å²) in [6.07, 6.45) is 8.62. The van der Waals surface area contributed by atoms with Crippen molar-refractivity contribution in [1.29, 1.82) is 0 Å². The van der Waals surface area contributed by atoms with Crippen molar-refractivity contribution in [2.75, 3.05) is 13.2 Å². The molecule has 17 heavy (non-hydrogen) atoms. The maximum Gasteiger partial charge on any atom is 0.126 e. The van der Waals surface area contributed by atoms with Crippen molar-refractivity contribution in [2.24, 2.45) is 0 Å². The summed E-state index contributed by atoms with van der Waals surface area (Å²) >= 11 is 0. The lowest BCUT2D eigenvalue weighted by Gasteiger charge is -2.11. The minimum absolute atomic E-state index is 0.809. The van der Waals surface area contributed by atoms with Crippen molar-refractivity contribution < 1.29 is 4.74 Å². The SMILES string of the molecule is CCCCCCOc1ccncc1CNCC. The first-order valence-electron chi connectivity index (χ1n) is 6.64. The van der Waals surface area contributed by atoms with Crippen molar-refractivity contribution in [2.45, 2.75) is 46.1 Å². The van der Waals surface area contributed by atoms with Crippen LogP contribution in [-0.2, 0) is 6.54 Å². The molecule has 0 spiro atoms. The van der Waals surface area contributed by atoms with E-state index < -0.39 is 0 Å². The van der Waals surface area contributed by atoms with Gasteiger partial charge in [0, 0.05) is 24.5 Å². The highest BCUT2D eigenvalue weighted by molar-refractivity contribution is 5.29. The topological polar surface area (TPSA) is 34.1 Å². The van der Waals surface area contributed by atoms with Gasteiger partial charge >= 0.3 is 0 Å². The average Bonchev–Trinajstić information content (AvgIpc) is 2.37. The molecule has 1 N–H and O–H groups in total. The molecular formula is C14H24N2O. The summed E-state index contributed by atoms with van der Waals surface area (Å²) in [4.78, 5) is 4.14. The molecule has 0 bridgehead atoms. The molecular weight excluding hydrogens is 212 g/mol. The van der Waals surface area contributed by atoms with E-state index in [4.69, 9.17) is 4.74 Å². The number of pyridine rings is 1. The van der Waals surface area contributed by atoms with E-state index in [-0.39, 0.29) is 0 Å². The molecule has 0 unspecified atom stereocenters. The Hall–Kier alpha value is -1.09. The van der Waals surface area contributed by atoms with Crippen LogP contribution in [0.3, 0.4) is 0 Å². The monoisotopic (exact) mass is 236 g/mol. The van der Waals surface area contributed by atoms with Crippen LogP contribution >= 0.6 is 0 Å². The Balaban J connectivity index is 2.35. The fourth-order valence-electron chi connectivity index (χ4n) is 1.66. The Morgan fingerprint density at radius 1 is 1.24 bits per heavy atom. The van der Waals surface area contributed by atoms with E-state index in [0.29, 0.717) is 0 Å². The third-order valence-corrected chi connectivity index (χ3v) is 2.68. The standard InChI is InChI=1S/C14H24N2O/c1-3-5-6-7-10-17-14-8-9-16-12-13(14)11-15-4-2/h8-9,12,15H,3-7,10-11H2,1-2H3. The van der Waals surface area contributed by atoms with Gasteiger partial charge in [0.25, 0.3) is 0 Å². The Kier molecular flexibility index (Phi) is 7.39. The van der Waals surface area contributed by atoms with Crippen LogP contribution in [0.2, 0.25) is 0 Å². The van der Waals surface area contributed by atoms with Gasteiger partial charge < -0.3 is 10.1 Å². The summed E-state index contributed by atoms with van der Waals surface area (Å²) in [6.45, 7) is 6.92. The molecule has 0 aliphatic rings. The maximum absolute atomic E-state index is 5.80. The summed E-state index contributed by atoms with van der Waals surface area (Å²) in [6, 6.07) is 1.95. The number of nitrogens with one attached hydrogen (secondary N) is 1. The molecule has 1 aromatic rings. The molecule has 1 aromatic heterocycles. The number of aromatic nitrogens is 1. The number of hydrogen-bond donors (Lipinski definition) is 1. The van der Waals surface area contributed by atoms with Gasteiger partial charge in [-0.25, -0.2) is 0 Å². The molecule has 0 atom stereocenters. The average molecular weight is 236 g/mol. The molecule has 0 radical (unpaired) electrons. The number of ether oxygens (including phenoxy) is 1. The molecule has 0 aliphatic heterocycles. The summed E-state index contributed by atoms with van der Waals surface area (Å²) in [7, 11) is 0. The Labute approximate surface area is 105 Å². The normalized spacial score (nSPS) is 10.5. The van der Waals surface area contributed by atoms with Crippen LogP contribution in [0.1, 0.15) is 45.1 Å². The fourth-order valence-corrected chi connectivity index (χ4v) is 1.66. The van der Waals surface area contributed by atoms with E-state index in [1.54, 1.807) is 6.20 Å². The lowest BCUT2D eigenvalue weighted by atomic mass is 10.2. The van der Waals surface area contributed by atoms with Gasteiger partial charge in [0.1, 0.15) is 5.75 Å². The van der Waals surface area contributed by atoms with Crippen LogP contribution in [0, 0.1) is 0 Å². The van der Waals surface area contributed by atoms with E-state index >= 15 is 0 Å². The molecule has 0 saturated heterocycles. The van der Waals surface area contributed by atoms with Crippen molar-refractivity contribution in [3.8, 4) is 5.75 Å². The molecule has 1 heterocycles. The smallest absolute Gasteiger partial charge is 0.126 e.